The van der Waals surface area contributed by atoms with Crippen molar-refractivity contribution in [3.8, 4) is 5.75 Å². The molecule has 0 spiro atoms. The van der Waals surface area contributed by atoms with Crippen LogP contribution < -0.4 is 4.90 Å². The topological polar surface area (TPSA) is 77.8 Å². The van der Waals surface area contributed by atoms with Gasteiger partial charge in [0, 0.05) is 16.3 Å². The Balaban J connectivity index is 1.96. The zero-order valence-electron chi connectivity index (χ0n) is 17.0. The van der Waals surface area contributed by atoms with Crippen LogP contribution in [0.25, 0.3) is 5.76 Å². The van der Waals surface area contributed by atoms with E-state index in [1.165, 1.54) is 17.0 Å². The van der Waals surface area contributed by atoms with Gasteiger partial charge in [0.1, 0.15) is 11.5 Å². The predicted octanol–water partition coefficient (Wildman–Crippen LogP) is 5.29. The molecule has 1 fully saturated rings. The maximum absolute atomic E-state index is 13.2. The Bertz CT molecular complexity index is 1210. The number of anilines is 1. The number of carbonyl (C=O) groups is 2. The van der Waals surface area contributed by atoms with Crippen molar-refractivity contribution in [2.45, 2.75) is 19.9 Å². The predicted molar refractivity (Wildman–Crippen MR) is 120 cm³/mol. The minimum Gasteiger partial charge on any atom is -0.508 e. The summed E-state index contributed by atoms with van der Waals surface area (Å²) in [6, 6.07) is 17.4. The van der Waals surface area contributed by atoms with Crippen LogP contribution in [0.1, 0.15) is 28.3 Å². The molecule has 2 N–H and O–H groups in total. The van der Waals surface area contributed by atoms with E-state index in [1.54, 1.807) is 42.5 Å². The maximum atomic E-state index is 13.2. The number of hydrogen-bond donors (Lipinski definition) is 2. The zero-order valence-corrected chi connectivity index (χ0v) is 17.7. The largest absolute Gasteiger partial charge is 0.508 e. The number of ketones is 1. The number of aromatic hydroxyl groups is 1. The zero-order chi connectivity index (χ0) is 22.3. The van der Waals surface area contributed by atoms with Gasteiger partial charge in [0.2, 0.25) is 0 Å². The fraction of sp³-hybridized carbons (Fsp3) is 0.120. The molecule has 1 saturated heterocycles. The molecular formula is C25H20ClNO4. The van der Waals surface area contributed by atoms with Gasteiger partial charge in [-0.25, -0.2) is 0 Å². The molecule has 5 nitrogen and oxygen atoms in total. The van der Waals surface area contributed by atoms with Gasteiger partial charge in [0.05, 0.1) is 11.6 Å². The molecule has 156 valence electrons. The van der Waals surface area contributed by atoms with Crippen molar-refractivity contribution in [2.24, 2.45) is 0 Å². The fourth-order valence-electron chi connectivity index (χ4n) is 3.89. The number of aliphatic hydroxyl groups is 1. The molecular weight excluding hydrogens is 414 g/mol. The summed E-state index contributed by atoms with van der Waals surface area (Å²) in [7, 11) is 0. The van der Waals surface area contributed by atoms with Crippen molar-refractivity contribution in [1.29, 1.82) is 0 Å². The quantitative estimate of drug-likeness (QED) is 0.334. The Labute approximate surface area is 184 Å². The molecule has 31 heavy (non-hydrogen) atoms. The molecule has 0 radical (unpaired) electrons. The molecule has 1 atom stereocenters. The highest BCUT2D eigenvalue weighted by atomic mass is 35.5. The van der Waals surface area contributed by atoms with E-state index in [-0.39, 0.29) is 17.1 Å². The summed E-state index contributed by atoms with van der Waals surface area (Å²) >= 11 is 5.95. The van der Waals surface area contributed by atoms with E-state index >= 15 is 0 Å². The van der Waals surface area contributed by atoms with Crippen LogP contribution in [0.5, 0.6) is 5.75 Å². The van der Waals surface area contributed by atoms with Gasteiger partial charge < -0.3 is 10.2 Å². The van der Waals surface area contributed by atoms with Crippen LogP contribution in [0.3, 0.4) is 0 Å². The molecule has 1 amide bonds. The van der Waals surface area contributed by atoms with Crippen molar-refractivity contribution >= 4 is 34.7 Å². The lowest BCUT2D eigenvalue weighted by molar-refractivity contribution is -0.132. The Morgan fingerprint density at radius 1 is 0.935 bits per heavy atom. The third kappa shape index (κ3) is 3.68. The summed E-state index contributed by atoms with van der Waals surface area (Å²) in [5.74, 6) is -1.71. The molecule has 4 rings (SSSR count). The van der Waals surface area contributed by atoms with E-state index in [0.29, 0.717) is 21.8 Å². The van der Waals surface area contributed by atoms with Gasteiger partial charge >= 0.3 is 0 Å². The van der Waals surface area contributed by atoms with E-state index < -0.39 is 17.7 Å². The number of rotatable bonds is 3. The van der Waals surface area contributed by atoms with Crippen molar-refractivity contribution in [1.82, 2.24) is 0 Å². The first-order chi connectivity index (χ1) is 14.8. The summed E-state index contributed by atoms with van der Waals surface area (Å²) < 4.78 is 0. The number of halogens is 1. The third-order valence-corrected chi connectivity index (χ3v) is 5.63. The number of aliphatic hydroxyl groups excluding tert-OH is 1. The van der Waals surface area contributed by atoms with Crippen molar-refractivity contribution < 1.29 is 19.8 Å². The Morgan fingerprint density at radius 3 is 2.19 bits per heavy atom. The lowest BCUT2D eigenvalue weighted by Crippen LogP contribution is -2.30. The molecule has 0 aliphatic carbocycles. The number of benzene rings is 3. The van der Waals surface area contributed by atoms with E-state index in [0.717, 1.165) is 11.1 Å². The van der Waals surface area contributed by atoms with Crippen LogP contribution in [0.4, 0.5) is 5.69 Å². The second-order valence-electron chi connectivity index (χ2n) is 7.56. The van der Waals surface area contributed by atoms with Gasteiger partial charge in [-0.05, 0) is 67.4 Å². The fourth-order valence-corrected chi connectivity index (χ4v) is 4.02. The molecule has 1 unspecified atom stereocenters. The summed E-state index contributed by atoms with van der Waals surface area (Å²) in [5, 5.41) is 21.3. The van der Waals surface area contributed by atoms with Gasteiger partial charge in [-0.2, -0.15) is 0 Å². The highest BCUT2D eigenvalue weighted by Crippen LogP contribution is 2.43. The Hall–Kier alpha value is -3.57. The van der Waals surface area contributed by atoms with Gasteiger partial charge in [-0.15, -0.1) is 0 Å². The number of carbonyl (C=O) groups excluding carboxylic acids is 2. The van der Waals surface area contributed by atoms with E-state index in [1.807, 2.05) is 26.0 Å². The van der Waals surface area contributed by atoms with E-state index in [4.69, 9.17) is 11.6 Å². The first kappa shape index (κ1) is 20.7. The normalized spacial score (nSPS) is 17.9. The number of amides is 1. The van der Waals surface area contributed by atoms with Crippen LogP contribution in [0, 0.1) is 13.8 Å². The van der Waals surface area contributed by atoms with E-state index in [2.05, 4.69) is 0 Å². The number of phenols is 1. The molecule has 3 aromatic rings. The first-order valence-corrected chi connectivity index (χ1v) is 10.1. The van der Waals surface area contributed by atoms with Crippen molar-refractivity contribution in [2.75, 3.05) is 4.90 Å². The second kappa shape index (κ2) is 7.93. The Kier molecular flexibility index (Phi) is 5.29. The smallest absolute Gasteiger partial charge is 0.300 e. The minimum atomic E-state index is -0.849. The lowest BCUT2D eigenvalue weighted by Gasteiger charge is -2.27. The number of aryl methyl sites for hydroxylation is 2. The van der Waals surface area contributed by atoms with Crippen molar-refractivity contribution in [3.05, 3.63) is 99.6 Å². The standard InChI is InChI=1S/C25H20ClNO4/c1-14-3-12-20(15(2)13-14)27-22(16-6-10-19(28)11-7-16)21(24(30)25(27)31)23(29)17-4-8-18(26)9-5-17/h3-13,22,28-29H,1-2H3/b23-21+. The average molecular weight is 434 g/mol. The maximum Gasteiger partial charge on any atom is 0.300 e. The van der Waals surface area contributed by atoms with Gasteiger partial charge in [-0.1, -0.05) is 41.4 Å². The molecule has 0 saturated carbocycles. The average Bonchev–Trinajstić information content (AvgIpc) is 3.00. The Morgan fingerprint density at radius 2 is 1.58 bits per heavy atom. The van der Waals surface area contributed by atoms with Crippen LogP contribution in [0.2, 0.25) is 5.02 Å². The molecule has 0 aromatic heterocycles. The first-order valence-electron chi connectivity index (χ1n) is 9.71. The molecule has 3 aromatic carbocycles. The highest BCUT2D eigenvalue weighted by Gasteiger charge is 2.47. The summed E-state index contributed by atoms with van der Waals surface area (Å²) in [4.78, 5) is 27.7. The van der Waals surface area contributed by atoms with Crippen LogP contribution >= 0.6 is 11.6 Å². The molecule has 0 bridgehead atoms. The van der Waals surface area contributed by atoms with Crippen LogP contribution in [0.15, 0.2) is 72.3 Å². The lowest BCUT2D eigenvalue weighted by atomic mass is 9.94. The number of phenolic OH excluding ortho intramolecular Hbond substituents is 1. The van der Waals surface area contributed by atoms with Crippen LogP contribution in [-0.2, 0) is 9.59 Å². The highest BCUT2D eigenvalue weighted by molar-refractivity contribution is 6.51. The second-order valence-corrected chi connectivity index (χ2v) is 7.99. The molecule has 1 aliphatic heterocycles. The minimum absolute atomic E-state index is 0.0158. The summed E-state index contributed by atoms with van der Waals surface area (Å²) in [5.41, 5.74) is 3.40. The number of nitrogens with zero attached hydrogens (tertiary/aromatic N) is 1. The summed E-state index contributed by atoms with van der Waals surface area (Å²) in [6.07, 6.45) is 0. The molecule has 6 heteroatoms. The van der Waals surface area contributed by atoms with Gasteiger partial charge in [-0.3, -0.25) is 14.5 Å². The summed E-state index contributed by atoms with van der Waals surface area (Å²) in [6.45, 7) is 3.82. The monoisotopic (exact) mass is 433 g/mol. The number of Topliss-reactive ketones (excluding diaryl/α,β-unsaturated/α-hetero) is 1. The molecule has 1 heterocycles. The third-order valence-electron chi connectivity index (χ3n) is 5.38. The van der Waals surface area contributed by atoms with Crippen molar-refractivity contribution in [3.63, 3.8) is 0 Å². The SMILES string of the molecule is Cc1ccc(N2C(=O)C(=O)/C(=C(/O)c3ccc(Cl)cc3)C2c2ccc(O)cc2)c(C)c1. The van der Waals surface area contributed by atoms with Crippen LogP contribution in [-0.4, -0.2) is 21.9 Å². The van der Waals surface area contributed by atoms with Gasteiger partial charge in [0.25, 0.3) is 11.7 Å². The molecule has 1 aliphatic rings. The number of hydrogen-bond acceptors (Lipinski definition) is 4. The van der Waals surface area contributed by atoms with E-state index in [9.17, 15) is 19.8 Å². The van der Waals surface area contributed by atoms with Gasteiger partial charge in [0.15, 0.2) is 0 Å².